The topological polar surface area (TPSA) is 80.0 Å². The van der Waals surface area contributed by atoms with Gasteiger partial charge in [-0.05, 0) is 44.4 Å². The molecular formula is C20H29NO5. The highest BCUT2D eigenvalue weighted by molar-refractivity contribution is 5.96. The van der Waals surface area contributed by atoms with Gasteiger partial charge in [0.25, 0.3) is 5.91 Å². The predicted molar refractivity (Wildman–Crippen MR) is 96.5 cm³/mol. The first kappa shape index (κ1) is 19.0. The average Bonchev–Trinajstić information content (AvgIpc) is 3.29. The Labute approximate surface area is 154 Å². The van der Waals surface area contributed by atoms with Gasteiger partial charge in [0.05, 0.1) is 6.10 Å². The third kappa shape index (κ3) is 4.11. The number of rotatable bonds is 6. The smallest absolute Gasteiger partial charge is 0.339 e. The second-order valence-corrected chi connectivity index (χ2v) is 7.61. The lowest BCUT2D eigenvalue weighted by molar-refractivity contribution is 0.0318. The van der Waals surface area contributed by atoms with Crippen molar-refractivity contribution >= 4 is 11.9 Å². The molecule has 1 saturated heterocycles. The number of carbonyl (C=O) groups is 2. The molecule has 6 nitrogen and oxygen atoms in total. The third-order valence-electron chi connectivity index (χ3n) is 5.68. The number of hydrogen-bond acceptors (Lipinski definition) is 4. The number of furan rings is 1. The van der Waals surface area contributed by atoms with Gasteiger partial charge >= 0.3 is 5.97 Å². The number of ether oxygens (including phenoxy) is 1. The number of carboxylic acid groups (broad SMARTS) is 1. The van der Waals surface area contributed by atoms with Crippen LogP contribution in [0.2, 0.25) is 0 Å². The molecule has 1 atom stereocenters. The molecule has 1 N–H and O–H groups in total. The van der Waals surface area contributed by atoms with Gasteiger partial charge in [-0.1, -0.05) is 13.8 Å². The average molecular weight is 363 g/mol. The van der Waals surface area contributed by atoms with Gasteiger partial charge in [-0.25, -0.2) is 4.79 Å². The molecule has 1 aliphatic heterocycles. The van der Waals surface area contributed by atoms with Gasteiger partial charge in [0.1, 0.15) is 11.3 Å². The summed E-state index contributed by atoms with van der Waals surface area (Å²) in [6.45, 7) is 5.38. The molecule has 1 aromatic heterocycles. The van der Waals surface area contributed by atoms with Crippen LogP contribution in [0.1, 0.15) is 79.0 Å². The molecule has 1 unspecified atom stereocenters. The van der Waals surface area contributed by atoms with Crippen LogP contribution in [0.3, 0.4) is 0 Å². The quantitative estimate of drug-likeness (QED) is 0.833. The molecule has 0 bridgehead atoms. The Morgan fingerprint density at radius 2 is 1.96 bits per heavy atom. The van der Waals surface area contributed by atoms with Crippen LogP contribution in [0.4, 0.5) is 0 Å². The molecule has 3 rings (SSSR count). The summed E-state index contributed by atoms with van der Waals surface area (Å²) in [7, 11) is 0. The van der Waals surface area contributed by atoms with Gasteiger partial charge in [-0.3, -0.25) is 4.79 Å². The molecule has 144 valence electrons. The number of hydrogen-bond donors (Lipinski definition) is 1. The van der Waals surface area contributed by atoms with Crippen LogP contribution in [0.15, 0.2) is 10.5 Å². The van der Waals surface area contributed by atoms with Gasteiger partial charge < -0.3 is 19.2 Å². The second-order valence-electron chi connectivity index (χ2n) is 7.61. The largest absolute Gasteiger partial charge is 0.478 e. The van der Waals surface area contributed by atoms with Gasteiger partial charge in [0.2, 0.25) is 0 Å². The number of aromatic carboxylic acids is 1. The molecule has 26 heavy (non-hydrogen) atoms. The second kappa shape index (κ2) is 8.25. The van der Waals surface area contributed by atoms with Crippen LogP contribution in [0.5, 0.6) is 0 Å². The highest BCUT2D eigenvalue weighted by Crippen LogP contribution is 2.30. The molecule has 2 heterocycles. The monoisotopic (exact) mass is 363 g/mol. The molecule has 0 spiro atoms. The maximum atomic E-state index is 13.2. The molecule has 1 amide bonds. The van der Waals surface area contributed by atoms with E-state index in [0.29, 0.717) is 24.6 Å². The maximum absolute atomic E-state index is 13.2. The van der Waals surface area contributed by atoms with Crippen molar-refractivity contribution in [3.63, 3.8) is 0 Å². The standard InChI is InChI=1S/C20H29NO5/c1-3-17-16(20(23)24)11-18(26-17)19(22)21(12-15-5-4-10-25-15)14-8-6-13(2)7-9-14/h11,13-15H,3-10,12H2,1-2H3,(H,23,24). The Morgan fingerprint density at radius 1 is 1.23 bits per heavy atom. The highest BCUT2D eigenvalue weighted by atomic mass is 16.5. The zero-order valence-corrected chi connectivity index (χ0v) is 15.7. The summed E-state index contributed by atoms with van der Waals surface area (Å²) in [5.41, 5.74) is 0.0881. The van der Waals surface area contributed by atoms with E-state index in [2.05, 4.69) is 6.92 Å². The Morgan fingerprint density at radius 3 is 2.50 bits per heavy atom. The summed E-state index contributed by atoms with van der Waals surface area (Å²) in [4.78, 5) is 26.5. The molecule has 1 aromatic rings. The number of aryl methyl sites for hydroxylation is 1. The molecule has 2 fully saturated rings. The van der Waals surface area contributed by atoms with Gasteiger partial charge in [-0.15, -0.1) is 0 Å². The Bertz CT molecular complexity index is 639. The molecule has 0 radical (unpaired) electrons. The molecule has 6 heteroatoms. The minimum absolute atomic E-state index is 0.0675. The van der Waals surface area contributed by atoms with Gasteiger partial charge in [-0.2, -0.15) is 0 Å². The Kier molecular flexibility index (Phi) is 6.01. The van der Waals surface area contributed by atoms with Crippen LogP contribution in [-0.2, 0) is 11.2 Å². The first-order valence-electron chi connectivity index (χ1n) is 9.78. The van der Waals surface area contributed by atoms with Crippen molar-refractivity contribution < 1.29 is 23.8 Å². The minimum Gasteiger partial charge on any atom is -0.478 e. The van der Waals surface area contributed by atoms with E-state index in [9.17, 15) is 14.7 Å². The van der Waals surface area contributed by atoms with Crippen molar-refractivity contribution in [1.29, 1.82) is 0 Å². The van der Waals surface area contributed by atoms with Gasteiger partial charge in [0.15, 0.2) is 5.76 Å². The molecular weight excluding hydrogens is 334 g/mol. The third-order valence-corrected chi connectivity index (χ3v) is 5.68. The zero-order valence-electron chi connectivity index (χ0n) is 15.7. The fourth-order valence-corrected chi connectivity index (χ4v) is 4.08. The van der Waals surface area contributed by atoms with E-state index in [4.69, 9.17) is 9.15 Å². The number of carbonyl (C=O) groups excluding carboxylic acids is 1. The van der Waals surface area contributed by atoms with E-state index in [1.54, 1.807) is 0 Å². The van der Waals surface area contributed by atoms with E-state index < -0.39 is 5.97 Å². The summed E-state index contributed by atoms with van der Waals surface area (Å²) < 4.78 is 11.4. The zero-order chi connectivity index (χ0) is 18.7. The fourth-order valence-electron chi connectivity index (χ4n) is 4.08. The number of amides is 1. The summed E-state index contributed by atoms with van der Waals surface area (Å²) in [6, 6.07) is 1.56. The van der Waals surface area contributed by atoms with Crippen molar-refractivity contribution in [2.24, 2.45) is 5.92 Å². The van der Waals surface area contributed by atoms with Crippen LogP contribution in [0, 0.1) is 5.92 Å². The van der Waals surface area contributed by atoms with E-state index in [-0.39, 0.29) is 29.4 Å². The first-order valence-corrected chi connectivity index (χ1v) is 9.78. The molecule has 1 aliphatic carbocycles. The van der Waals surface area contributed by atoms with E-state index in [1.165, 1.54) is 6.07 Å². The molecule has 2 aliphatic rings. The van der Waals surface area contributed by atoms with Crippen LogP contribution in [0.25, 0.3) is 0 Å². The normalized spacial score (nSPS) is 26.0. The number of carboxylic acids is 1. The summed E-state index contributed by atoms with van der Waals surface area (Å²) in [6.07, 6.45) is 6.68. The Balaban J connectivity index is 1.82. The van der Waals surface area contributed by atoms with Crippen molar-refractivity contribution in [3.8, 4) is 0 Å². The van der Waals surface area contributed by atoms with Crippen molar-refractivity contribution in [2.45, 2.75) is 70.9 Å². The lowest BCUT2D eigenvalue weighted by Gasteiger charge is -2.37. The summed E-state index contributed by atoms with van der Waals surface area (Å²) >= 11 is 0. The lowest BCUT2D eigenvalue weighted by atomic mass is 9.86. The van der Waals surface area contributed by atoms with E-state index >= 15 is 0 Å². The lowest BCUT2D eigenvalue weighted by Crippen LogP contribution is -2.46. The highest BCUT2D eigenvalue weighted by Gasteiger charge is 2.33. The SMILES string of the molecule is CCc1oc(C(=O)N(CC2CCCO2)C2CCC(C)CC2)cc1C(=O)O. The molecule has 0 aromatic carbocycles. The minimum atomic E-state index is -1.05. The molecule has 1 saturated carbocycles. The van der Waals surface area contributed by atoms with Crippen LogP contribution < -0.4 is 0 Å². The van der Waals surface area contributed by atoms with Crippen molar-refractivity contribution in [2.75, 3.05) is 13.2 Å². The first-order chi connectivity index (χ1) is 12.5. The maximum Gasteiger partial charge on any atom is 0.339 e. The predicted octanol–water partition coefficient (Wildman–Crippen LogP) is 3.74. The number of nitrogens with zero attached hydrogens (tertiary/aromatic N) is 1. The Hall–Kier alpha value is -1.82. The fraction of sp³-hybridized carbons (Fsp3) is 0.700. The van der Waals surface area contributed by atoms with Crippen LogP contribution >= 0.6 is 0 Å². The van der Waals surface area contributed by atoms with E-state index in [0.717, 1.165) is 45.1 Å². The summed E-state index contributed by atoms with van der Waals surface area (Å²) in [5, 5.41) is 9.33. The van der Waals surface area contributed by atoms with Crippen LogP contribution in [-0.4, -0.2) is 47.2 Å². The van der Waals surface area contributed by atoms with Crippen molar-refractivity contribution in [1.82, 2.24) is 4.90 Å². The van der Waals surface area contributed by atoms with E-state index in [1.807, 2.05) is 11.8 Å². The van der Waals surface area contributed by atoms with Gasteiger partial charge in [0, 0.05) is 31.7 Å². The summed E-state index contributed by atoms with van der Waals surface area (Å²) in [5.74, 6) is -0.0741. The van der Waals surface area contributed by atoms with Crippen molar-refractivity contribution in [3.05, 3.63) is 23.2 Å².